The van der Waals surface area contributed by atoms with Gasteiger partial charge in [-0.15, -0.1) is 0 Å². The average molecular weight is 291 g/mol. The van der Waals surface area contributed by atoms with Gasteiger partial charge < -0.3 is 14.7 Å². The summed E-state index contributed by atoms with van der Waals surface area (Å²) in [5, 5.41) is 9.42. The second kappa shape index (κ2) is 6.39. The zero-order chi connectivity index (χ0) is 15.4. The molecule has 21 heavy (non-hydrogen) atoms. The zero-order valence-electron chi connectivity index (χ0n) is 11.7. The van der Waals surface area contributed by atoms with E-state index in [4.69, 9.17) is 0 Å². The minimum absolute atomic E-state index is 0.0131. The maximum absolute atomic E-state index is 12.3. The van der Waals surface area contributed by atoms with Gasteiger partial charge in [-0.05, 0) is 24.6 Å². The minimum Gasteiger partial charge on any atom is -0.508 e. The highest BCUT2D eigenvalue weighted by atomic mass is 16.5. The first-order chi connectivity index (χ1) is 10.0. The molecule has 1 atom stereocenters. The van der Waals surface area contributed by atoms with E-state index in [1.165, 1.54) is 24.1 Å². The number of likely N-dealkylation sites (tertiary alicyclic amines) is 1. The maximum atomic E-state index is 12.3. The van der Waals surface area contributed by atoms with Gasteiger partial charge in [0.05, 0.1) is 7.11 Å². The molecule has 0 aromatic heterocycles. The number of hydrogen-bond donors (Lipinski definition) is 1. The molecule has 6 nitrogen and oxygen atoms in total. The Hall–Kier alpha value is -2.37. The molecular formula is C15H17NO5. The number of amides is 1. The van der Waals surface area contributed by atoms with Gasteiger partial charge in [0.15, 0.2) is 0 Å². The number of rotatable bonds is 2. The van der Waals surface area contributed by atoms with Crippen LogP contribution in [0, 0.1) is 5.92 Å². The molecule has 0 aliphatic carbocycles. The molecule has 1 aliphatic heterocycles. The van der Waals surface area contributed by atoms with E-state index < -0.39 is 11.9 Å². The van der Waals surface area contributed by atoms with Crippen molar-refractivity contribution in [2.45, 2.75) is 12.8 Å². The van der Waals surface area contributed by atoms with Gasteiger partial charge in [0.1, 0.15) is 17.5 Å². The van der Waals surface area contributed by atoms with Crippen molar-refractivity contribution in [3.8, 4) is 5.75 Å². The van der Waals surface area contributed by atoms with E-state index in [0.717, 1.165) is 0 Å². The minimum atomic E-state index is -0.794. The Labute approximate surface area is 122 Å². The standard InChI is InChI=1S/C15H17NO5/c1-21-15(20)12-5-7-16(8-6-13(12)18)14(19)10-3-2-4-11(17)9-10/h2-4,9,12,17H,5-8H2,1H3. The monoisotopic (exact) mass is 291 g/mol. The highest BCUT2D eigenvalue weighted by Crippen LogP contribution is 2.19. The molecule has 0 saturated carbocycles. The van der Waals surface area contributed by atoms with Crippen LogP contribution < -0.4 is 0 Å². The molecule has 6 heteroatoms. The van der Waals surface area contributed by atoms with Gasteiger partial charge in [-0.25, -0.2) is 0 Å². The molecule has 0 radical (unpaired) electrons. The number of benzene rings is 1. The molecule has 1 unspecified atom stereocenters. The lowest BCUT2D eigenvalue weighted by atomic mass is 10.00. The van der Waals surface area contributed by atoms with Crippen LogP contribution in [0.4, 0.5) is 0 Å². The fraction of sp³-hybridized carbons (Fsp3) is 0.400. The Balaban J connectivity index is 2.11. The number of phenolic OH excluding ortho intramolecular Hbond substituents is 1. The average Bonchev–Trinajstić information content (AvgIpc) is 2.68. The van der Waals surface area contributed by atoms with E-state index in [1.807, 2.05) is 0 Å². The number of Topliss-reactive ketones (excluding diaryl/α,β-unsaturated/α-hetero) is 1. The summed E-state index contributed by atoms with van der Waals surface area (Å²) in [5.41, 5.74) is 0.360. The molecule has 0 bridgehead atoms. The number of nitrogens with zero attached hydrogens (tertiary/aromatic N) is 1. The SMILES string of the molecule is COC(=O)C1CCN(C(=O)c2cccc(O)c2)CCC1=O. The summed E-state index contributed by atoms with van der Waals surface area (Å²) in [6.07, 6.45) is 0.389. The lowest BCUT2D eigenvalue weighted by molar-refractivity contribution is -0.149. The third-order valence-electron chi connectivity index (χ3n) is 3.57. The Kier molecular flexibility index (Phi) is 4.57. The van der Waals surface area contributed by atoms with Gasteiger partial charge in [0.25, 0.3) is 5.91 Å². The van der Waals surface area contributed by atoms with Crippen molar-refractivity contribution in [2.75, 3.05) is 20.2 Å². The van der Waals surface area contributed by atoms with Crippen LogP contribution in [0.3, 0.4) is 0 Å². The summed E-state index contributed by atoms with van der Waals surface area (Å²) in [7, 11) is 1.25. The predicted molar refractivity (Wildman–Crippen MR) is 73.8 cm³/mol. The van der Waals surface area contributed by atoms with E-state index >= 15 is 0 Å². The zero-order valence-corrected chi connectivity index (χ0v) is 11.7. The Morgan fingerprint density at radius 2 is 2.10 bits per heavy atom. The van der Waals surface area contributed by atoms with E-state index in [-0.39, 0.29) is 36.8 Å². The van der Waals surface area contributed by atoms with E-state index in [1.54, 1.807) is 12.1 Å². The quantitative estimate of drug-likeness (QED) is 0.649. The number of carbonyl (C=O) groups excluding carboxylic acids is 3. The highest BCUT2D eigenvalue weighted by molar-refractivity contribution is 6.00. The van der Waals surface area contributed by atoms with Crippen LogP contribution in [0.2, 0.25) is 0 Å². The van der Waals surface area contributed by atoms with Crippen LogP contribution >= 0.6 is 0 Å². The van der Waals surface area contributed by atoms with Gasteiger partial charge in [0.2, 0.25) is 0 Å². The molecule has 1 saturated heterocycles. The summed E-state index contributed by atoms with van der Waals surface area (Å²) in [6.45, 7) is 0.570. The number of carbonyl (C=O) groups is 3. The molecule has 1 aromatic rings. The van der Waals surface area contributed by atoms with E-state index in [0.29, 0.717) is 12.1 Å². The lowest BCUT2D eigenvalue weighted by Gasteiger charge is -2.20. The van der Waals surface area contributed by atoms with Crippen molar-refractivity contribution in [3.05, 3.63) is 29.8 Å². The first-order valence-corrected chi connectivity index (χ1v) is 6.71. The third-order valence-corrected chi connectivity index (χ3v) is 3.57. The second-order valence-corrected chi connectivity index (χ2v) is 4.92. The van der Waals surface area contributed by atoms with Crippen molar-refractivity contribution in [2.24, 2.45) is 5.92 Å². The lowest BCUT2D eigenvalue weighted by Crippen LogP contribution is -2.32. The summed E-state index contributed by atoms with van der Waals surface area (Å²) in [6, 6.07) is 6.05. The number of aromatic hydroxyl groups is 1. The summed E-state index contributed by atoms with van der Waals surface area (Å²) >= 11 is 0. The van der Waals surface area contributed by atoms with Gasteiger partial charge in [-0.1, -0.05) is 6.07 Å². The van der Waals surface area contributed by atoms with Crippen molar-refractivity contribution in [3.63, 3.8) is 0 Å². The summed E-state index contributed by atoms with van der Waals surface area (Å²) in [4.78, 5) is 37.3. The Morgan fingerprint density at radius 3 is 2.76 bits per heavy atom. The van der Waals surface area contributed by atoms with E-state index in [2.05, 4.69) is 4.74 Å². The fourth-order valence-electron chi connectivity index (χ4n) is 2.39. The molecule has 1 amide bonds. The molecule has 1 aliphatic rings. The number of phenols is 1. The van der Waals surface area contributed by atoms with Crippen LogP contribution in [0.5, 0.6) is 5.75 Å². The molecule has 2 rings (SSSR count). The number of esters is 1. The summed E-state index contributed by atoms with van der Waals surface area (Å²) in [5.74, 6) is -1.79. The van der Waals surface area contributed by atoms with Gasteiger partial charge >= 0.3 is 5.97 Å². The van der Waals surface area contributed by atoms with Crippen molar-refractivity contribution in [1.29, 1.82) is 0 Å². The maximum Gasteiger partial charge on any atom is 0.316 e. The fourth-order valence-corrected chi connectivity index (χ4v) is 2.39. The third kappa shape index (κ3) is 3.39. The van der Waals surface area contributed by atoms with Crippen LogP contribution in [-0.2, 0) is 14.3 Å². The number of ketones is 1. The highest BCUT2D eigenvalue weighted by Gasteiger charge is 2.32. The van der Waals surface area contributed by atoms with Crippen LogP contribution in [0.25, 0.3) is 0 Å². The number of methoxy groups -OCH3 is 1. The molecule has 0 spiro atoms. The van der Waals surface area contributed by atoms with Crippen LogP contribution in [0.1, 0.15) is 23.2 Å². The Morgan fingerprint density at radius 1 is 1.33 bits per heavy atom. The van der Waals surface area contributed by atoms with Gasteiger partial charge in [-0.3, -0.25) is 14.4 Å². The van der Waals surface area contributed by atoms with Crippen LogP contribution in [-0.4, -0.2) is 47.9 Å². The van der Waals surface area contributed by atoms with E-state index in [9.17, 15) is 19.5 Å². The number of ether oxygens (including phenoxy) is 1. The number of hydrogen-bond acceptors (Lipinski definition) is 5. The molecule has 112 valence electrons. The molecular weight excluding hydrogens is 274 g/mol. The van der Waals surface area contributed by atoms with Gasteiger partial charge in [0, 0.05) is 25.1 Å². The predicted octanol–water partition coefficient (Wildman–Crippen LogP) is 0.986. The largest absolute Gasteiger partial charge is 0.508 e. The molecule has 1 fully saturated rings. The normalized spacial score (nSPS) is 19.0. The first kappa shape index (κ1) is 15.0. The van der Waals surface area contributed by atoms with Gasteiger partial charge in [-0.2, -0.15) is 0 Å². The molecule has 1 heterocycles. The van der Waals surface area contributed by atoms with Crippen molar-refractivity contribution >= 4 is 17.7 Å². The van der Waals surface area contributed by atoms with Crippen molar-refractivity contribution < 1.29 is 24.2 Å². The molecule has 1 N–H and O–H groups in total. The topological polar surface area (TPSA) is 83.9 Å². The first-order valence-electron chi connectivity index (χ1n) is 6.71. The van der Waals surface area contributed by atoms with Crippen LogP contribution in [0.15, 0.2) is 24.3 Å². The Bertz CT molecular complexity index is 569. The second-order valence-electron chi connectivity index (χ2n) is 4.92. The summed E-state index contributed by atoms with van der Waals surface area (Å²) < 4.78 is 4.62. The molecule has 1 aromatic carbocycles. The van der Waals surface area contributed by atoms with Crippen molar-refractivity contribution in [1.82, 2.24) is 4.90 Å². The smallest absolute Gasteiger partial charge is 0.316 e.